The van der Waals surface area contributed by atoms with E-state index in [1.165, 1.54) is 11.1 Å². The summed E-state index contributed by atoms with van der Waals surface area (Å²) < 4.78 is 0. The van der Waals surface area contributed by atoms with Crippen LogP contribution in [0.2, 0.25) is 0 Å². The Hall–Kier alpha value is -2.13. The van der Waals surface area contributed by atoms with Gasteiger partial charge in [-0.1, -0.05) is 67.6 Å². The van der Waals surface area contributed by atoms with Crippen molar-refractivity contribution >= 4 is 5.97 Å². The number of hydrogen-bond acceptors (Lipinski definition) is 2. The average molecular weight is 325 g/mol. The van der Waals surface area contributed by atoms with Gasteiger partial charge in [0.25, 0.3) is 0 Å². The van der Waals surface area contributed by atoms with E-state index in [9.17, 15) is 4.79 Å². The van der Waals surface area contributed by atoms with Crippen molar-refractivity contribution in [2.45, 2.75) is 38.6 Å². The highest BCUT2D eigenvalue weighted by Gasteiger charge is 2.13. The highest BCUT2D eigenvalue weighted by Crippen LogP contribution is 2.11. The van der Waals surface area contributed by atoms with Gasteiger partial charge in [0.2, 0.25) is 0 Å². The first kappa shape index (κ1) is 18.2. The molecule has 0 aliphatic carbocycles. The largest absolute Gasteiger partial charge is 0.481 e. The molecule has 0 spiro atoms. The van der Waals surface area contributed by atoms with Crippen molar-refractivity contribution in [2.24, 2.45) is 5.92 Å². The number of carbonyl (C=O) groups is 1. The minimum atomic E-state index is -0.729. The highest BCUT2D eigenvalue weighted by molar-refractivity contribution is 5.66. The predicted octanol–water partition coefficient (Wildman–Crippen LogP) is 3.93. The molecular weight excluding hydrogens is 298 g/mol. The molecule has 0 fully saturated rings. The maximum absolute atomic E-state index is 10.9. The number of rotatable bonds is 10. The van der Waals surface area contributed by atoms with E-state index in [-0.39, 0.29) is 12.5 Å². The van der Waals surface area contributed by atoms with E-state index in [4.69, 9.17) is 5.11 Å². The maximum atomic E-state index is 10.9. The van der Waals surface area contributed by atoms with E-state index < -0.39 is 5.97 Å². The lowest BCUT2D eigenvalue weighted by Gasteiger charge is -2.21. The van der Waals surface area contributed by atoms with Gasteiger partial charge >= 0.3 is 5.97 Å². The second kappa shape index (κ2) is 9.89. The fourth-order valence-electron chi connectivity index (χ4n) is 2.93. The van der Waals surface area contributed by atoms with E-state index in [2.05, 4.69) is 48.6 Å². The molecule has 0 amide bonds. The Balaban J connectivity index is 1.85. The molecule has 0 aliphatic heterocycles. The summed E-state index contributed by atoms with van der Waals surface area (Å²) in [6, 6.07) is 20.9. The van der Waals surface area contributed by atoms with Crippen LogP contribution in [0.4, 0.5) is 0 Å². The first-order chi connectivity index (χ1) is 11.6. The average Bonchev–Trinajstić information content (AvgIpc) is 2.59. The molecule has 3 heteroatoms. The van der Waals surface area contributed by atoms with E-state index in [0.717, 1.165) is 19.4 Å². The Kier molecular flexibility index (Phi) is 7.50. The van der Waals surface area contributed by atoms with Crippen LogP contribution < -0.4 is 5.32 Å². The van der Waals surface area contributed by atoms with Gasteiger partial charge < -0.3 is 10.4 Å². The normalized spacial score (nSPS) is 13.4. The second-order valence-electron chi connectivity index (χ2n) is 6.52. The van der Waals surface area contributed by atoms with Crippen LogP contribution in [0.15, 0.2) is 60.7 Å². The molecule has 0 radical (unpaired) electrons. The molecule has 0 heterocycles. The standard InChI is InChI=1S/C21H27NO2/c1-17(14-18-8-4-2-5-9-18)16-22-20(12-13-21(23)24)15-19-10-6-3-7-11-19/h2-11,17,20,22H,12-16H2,1H3,(H,23,24). The molecule has 2 atom stereocenters. The van der Waals surface area contributed by atoms with Crippen molar-refractivity contribution in [1.29, 1.82) is 0 Å². The van der Waals surface area contributed by atoms with Crippen LogP contribution in [0.25, 0.3) is 0 Å². The van der Waals surface area contributed by atoms with Gasteiger partial charge in [0.05, 0.1) is 0 Å². The molecule has 2 unspecified atom stereocenters. The third kappa shape index (κ3) is 6.97. The molecule has 3 nitrogen and oxygen atoms in total. The fraction of sp³-hybridized carbons (Fsp3) is 0.381. The van der Waals surface area contributed by atoms with Gasteiger partial charge in [0.15, 0.2) is 0 Å². The van der Waals surface area contributed by atoms with Crippen LogP contribution in [-0.2, 0) is 17.6 Å². The Morgan fingerprint density at radius 1 is 0.958 bits per heavy atom. The lowest BCUT2D eigenvalue weighted by Crippen LogP contribution is -2.35. The number of nitrogens with one attached hydrogen (secondary N) is 1. The Labute approximate surface area is 144 Å². The van der Waals surface area contributed by atoms with E-state index in [1.807, 2.05) is 24.3 Å². The number of hydrogen-bond donors (Lipinski definition) is 2. The first-order valence-corrected chi connectivity index (χ1v) is 8.66. The highest BCUT2D eigenvalue weighted by atomic mass is 16.4. The molecule has 2 N–H and O–H groups in total. The molecule has 0 bridgehead atoms. The zero-order chi connectivity index (χ0) is 17.2. The molecule has 0 saturated heterocycles. The van der Waals surface area contributed by atoms with Gasteiger partial charge in [-0.15, -0.1) is 0 Å². The molecule has 0 aliphatic rings. The van der Waals surface area contributed by atoms with Crippen LogP contribution in [0.5, 0.6) is 0 Å². The van der Waals surface area contributed by atoms with Crippen LogP contribution in [0.3, 0.4) is 0 Å². The predicted molar refractivity (Wildman–Crippen MR) is 98.1 cm³/mol. The van der Waals surface area contributed by atoms with E-state index in [0.29, 0.717) is 12.3 Å². The van der Waals surface area contributed by atoms with Gasteiger partial charge in [-0.3, -0.25) is 4.79 Å². The van der Waals surface area contributed by atoms with Crippen molar-refractivity contribution in [3.63, 3.8) is 0 Å². The lowest BCUT2D eigenvalue weighted by atomic mass is 9.98. The van der Waals surface area contributed by atoms with Crippen molar-refractivity contribution in [2.75, 3.05) is 6.54 Å². The minimum absolute atomic E-state index is 0.196. The van der Waals surface area contributed by atoms with Gasteiger partial charge in [-0.2, -0.15) is 0 Å². The van der Waals surface area contributed by atoms with Crippen molar-refractivity contribution in [3.8, 4) is 0 Å². The molecule has 2 aromatic rings. The van der Waals surface area contributed by atoms with Crippen LogP contribution >= 0.6 is 0 Å². The molecule has 0 aromatic heterocycles. The molecular formula is C21H27NO2. The fourth-order valence-corrected chi connectivity index (χ4v) is 2.93. The van der Waals surface area contributed by atoms with Gasteiger partial charge in [-0.05, 0) is 42.9 Å². The molecule has 0 saturated carbocycles. The van der Waals surface area contributed by atoms with Gasteiger partial charge in [-0.25, -0.2) is 0 Å². The smallest absolute Gasteiger partial charge is 0.303 e. The summed E-state index contributed by atoms with van der Waals surface area (Å²) in [6.07, 6.45) is 2.76. The van der Waals surface area contributed by atoms with Crippen molar-refractivity contribution in [1.82, 2.24) is 5.32 Å². The Morgan fingerprint density at radius 2 is 1.50 bits per heavy atom. The zero-order valence-corrected chi connectivity index (χ0v) is 14.3. The third-order valence-corrected chi connectivity index (χ3v) is 4.21. The summed E-state index contributed by atoms with van der Waals surface area (Å²) in [5, 5.41) is 12.6. The maximum Gasteiger partial charge on any atom is 0.303 e. The molecule has 24 heavy (non-hydrogen) atoms. The van der Waals surface area contributed by atoms with Gasteiger partial charge in [0.1, 0.15) is 0 Å². The quantitative estimate of drug-likeness (QED) is 0.696. The summed E-state index contributed by atoms with van der Waals surface area (Å²) in [4.78, 5) is 10.9. The second-order valence-corrected chi connectivity index (χ2v) is 6.52. The summed E-state index contributed by atoms with van der Waals surface area (Å²) in [7, 11) is 0. The van der Waals surface area contributed by atoms with Crippen LogP contribution in [-0.4, -0.2) is 23.7 Å². The summed E-state index contributed by atoms with van der Waals surface area (Å²) >= 11 is 0. The number of benzene rings is 2. The third-order valence-electron chi connectivity index (χ3n) is 4.21. The minimum Gasteiger partial charge on any atom is -0.481 e. The van der Waals surface area contributed by atoms with Gasteiger partial charge in [0, 0.05) is 12.5 Å². The number of carboxylic acid groups (broad SMARTS) is 1. The van der Waals surface area contributed by atoms with Crippen LogP contribution in [0.1, 0.15) is 30.9 Å². The first-order valence-electron chi connectivity index (χ1n) is 8.66. The molecule has 128 valence electrons. The zero-order valence-electron chi connectivity index (χ0n) is 14.3. The van der Waals surface area contributed by atoms with Crippen LogP contribution in [0, 0.1) is 5.92 Å². The topological polar surface area (TPSA) is 49.3 Å². The SMILES string of the molecule is CC(CNC(CCC(=O)O)Cc1ccccc1)Cc1ccccc1. The molecule has 2 aromatic carbocycles. The Morgan fingerprint density at radius 3 is 2.04 bits per heavy atom. The monoisotopic (exact) mass is 325 g/mol. The summed E-state index contributed by atoms with van der Waals surface area (Å²) in [5.41, 5.74) is 2.59. The van der Waals surface area contributed by atoms with E-state index >= 15 is 0 Å². The van der Waals surface area contributed by atoms with E-state index in [1.54, 1.807) is 0 Å². The molecule has 2 rings (SSSR count). The lowest BCUT2D eigenvalue weighted by molar-refractivity contribution is -0.137. The number of carboxylic acids is 1. The van der Waals surface area contributed by atoms with Crippen molar-refractivity contribution in [3.05, 3.63) is 71.8 Å². The number of aliphatic carboxylic acids is 1. The Bertz CT molecular complexity index is 598. The summed E-state index contributed by atoms with van der Waals surface area (Å²) in [6.45, 7) is 3.13. The summed E-state index contributed by atoms with van der Waals surface area (Å²) in [5.74, 6) is -0.220. The van der Waals surface area contributed by atoms with Crippen molar-refractivity contribution < 1.29 is 9.90 Å².